The van der Waals surface area contributed by atoms with Crippen LogP contribution in [0.15, 0.2) is 30.3 Å². The third kappa shape index (κ3) is 2.29. The number of halogens is 2. The maximum absolute atomic E-state index is 13.1. The number of aryl methyl sites for hydroxylation is 1. The average molecular weight is 308 g/mol. The van der Waals surface area contributed by atoms with E-state index in [1.165, 1.54) is 10.7 Å². The SMILES string of the molecule is Cc1cccc(-n2nc(C(F)F)c3cc(C(=O)O)sc32)c1. The van der Waals surface area contributed by atoms with Gasteiger partial charge in [-0.3, -0.25) is 0 Å². The molecule has 0 amide bonds. The van der Waals surface area contributed by atoms with E-state index in [0.717, 1.165) is 16.9 Å². The Morgan fingerprint density at radius 2 is 2.14 bits per heavy atom. The van der Waals surface area contributed by atoms with Gasteiger partial charge in [0, 0.05) is 5.39 Å². The number of hydrogen-bond donors (Lipinski definition) is 1. The van der Waals surface area contributed by atoms with E-state index in [1.54, 1.807) is 12.1 Å². The third-order valence-corrected chi connectivity index (χ3v) is 4.15. The van der Waals surface area contributed by atoms with Gasteiger partial charge in [0.1, 0.15) is 15.4 Å². The molecule has 7 heteroatoms. The Morgan fingerprint density at radius 3 is 2.76 bits per heavy atom. The molecule has 4 nitrogen and oxygen atoms in total. The molecule has 0 spiro atoms. The maximum atomic E-state index is 13.1. The van der Waals surface area contributed by atoms with Crippen LogP contribution in [0.4, 0.5) is 8.78 Å². The van der Waals surface area contributed by atoms with Crippen LogP contribution < -0.4 is 0 Å². The van der Waals surface area contributed by atoms with Gasteiger partial charge in [0.05, 0.1) is 5.69 Å². The first-order chi connectivity index (χ1) is 9.97. The molecule has 1 N–H and O–H groups in total. The molecule has 3 aromatic rings. The Labute approximate surface area is 122 Å². The number of benzene rings is 1. The standard InChI is InChI=1S/C14H10F2N2O2S/c1-7-3-2-4-8(5-7)18-13-9(11(17-18)12(15)16)6-10(21-13)14(19)20/h2-6,12H,1H3,(H,19,20). The summed E-state index contributed by atoms with van der Waals surface area (Å²) in [5.74, 6) is -1.13. The minimum atomic E-state index is -2.75. The summed E-state index contributed by atoms with van der Waals surface area (Å²) in [6.07, 6.45) is -2.75. The van der Waals surface area contributed by atoms with Crippen molar-refractivity contribution in [1.82, 2.24) is 9.78 Å². The van der Waals surface area contributed by atoms with E-state index in [1.807, 2.05) is 19.1 Å². The van der Waals surface area contributed by atoms with Crippen molar-refractivity contribution in [1.29, 1.82) is 0 Å². The molecule has 0 bridgehead atoms. The number of fused-ring (bicyclic) bond motifs is 1. The molecular weight excluding hydrogens is 298 g/mol. The highest BCUT2D eigenvalue weighted by molar-refractivity contribution is 7.20. The molecule has 0 aliphatic heterocycles. The summed E-state index contributed by atoms with van der Waals surface area (Å²) >= 11 is 0.939. The highest BCUT2D eigenvalue weighted by Crippen LogP contribution is 2.34. The van der Waals surface area contributed by atoms with Gasteiger partial charge in [-0.25, -0.2) is 18.3 Å². The van der Waals surface area contributed by atoms with Crippen molar-refractivity contribution in [2.75, 3.05) is 0 Å². The predicted molar refractivity (Wildman–Crippen MR) is 75.6 cm³/mol. The van der Waals surface area contributed by atoms with Gasteiger partial charge in [-0.2, -0.15) is 5.10 Å². The van der Waals surface area contributed by atoms with E-state index in [2.05, 4.69) is 5.10 Å². The zero-order valence-electron chi connectivity index (χ0n) is 10.9. The number of thiophene rings is 1. The van der Waals surface area contributed by atoms with Crippen molar-refractivity contribution in [3.05, 3.63) is 46.5 Å². The summed E-state index contributed by atoms with van der Waals surface area (Å²) in [5, 5.41) is 13.2. The van der Waals surface area contributed by atoms with E-state index in [0.29, 0.717) is 10.5 Å². The van der Waals surface area contributed by atoms with E-state index >= 15 is 0 Å². The molecule has 2 heterocycles. The summed E-state index contributed by atoms with van der Waals surface area (Å²) in [4.78, 5) is 11.5. The monoisotopic (exact) mass is 308 g/mol. The Balaban J connectivity index is 2.29. The third-order valence-electron chi connectivity index (χ3n) is 3.05. The molecule has 0 saturated heterocycles. The quantitative estimate of drug-likeness (QED) is 0.794. The van der Waals surface area contributed by atoms with E-state index < -0.39 is 18.1 Å². The summed E-state index contributed by atoms with van der Waals surface area (Å²) in [7, 11) is 0. The number of rotatable bonds is 3. The van der Waals surface area contributed by atoms with Crippen LogP contribution in [0, 0.1) is 6.92 Å². The predicted octanol–water partition coefficient (Wildman–Crippen LogP) is 4.03. The van der Waals surface area contributed by atoms with Crippen molar-refractivity contribution in [3.63, 3.8) is 0 Å². The molecule has 3 rings (SSSR count). The first kappa shape index (κ1) is 13.7. The number of alkyl halides is 2. The van der Waals surface area contributed by atoms with Crippen molar-refractivity contribution in [2.45, 2.75) is 13.3 Å². The van der Waals surface area contributed by atoms with E-state index in [-0.39, 0.29) is 10.3 Å². The second-order valence-corrected chi connectivity index (χ2v) is 5.60. The molecule has 2 aromatic heterocycles. The van der Waals surface area contributed by atoms with Crippen LogP contribution in [0.5, 0.6) is 0 Å². The molecule has 0 saturated carbocycles. The number of carbonyl (C=O) groups is 1. The molecule has 1 aromatic carbocycles. The van der Waals surface area contributed by atoms with Crippen molar-refractivity contribution >= 4 is 27.5 Å². The van der Waals surface area contributed by atoms with E-state index in [9.17, 15) is 13.6 Å². The largest absolute Gasteiger partial charge is 0.477 e. The Morgan fingerprint density at radius 1 is 1.38 bits per heavy atom. The highest BCUT2D eigenvalue weighted by Gasteiger charge is 2.23. The molecule has 0 unspecified atom stereocenters. The number of aromatic nitrogens is 2. The Hall–Kier alpha value is -2.28. The number of aromatic carboxylic acids is 1. The van der Waals surface area contributed by atoms with Gasteiger partial charge in [0.15, 0.2) is 0 Å². The van der Waals surface area contributed by atoms with Gasteiger partial charge >= 0.3 is 5.97 Å². The second kappa shape index (κ2) is 4.92. The molecule has 108 valence electrons. The maximum Gasteiger partial charge on any atom is 0.345 e. The van der Waals surface area contributed by atoms with Crippen molar-refractivity contribution < 1.29 is 18.7 Å². The normalized spacial score (nSPS) is 11.4. The van der Waals surface area contributed by atoms with Crippen LogP contribution in [0.3, 0.4) is 0 Å². The number of carboxylic acid groups (broad SMARTS) is 1. The van der Waals surface area contributed by atoms with Gasteiger partial charge < -0.3 is 5.11 Å². The first-order valence-electron chi connectivity index (χ1n) is 6.08. The van der Waals surface area contributed by atoms with Gasteiger partial charge in [-0.1, -0.05) is 12.1 Å². The summed E-state index contributed by atoms with van der Waals surface area (Å²) < 4.78 is 27.6. The van der Waals surface area contributed by atoms with Crippen LogP contribution in [-0.4, -0.2) is 20.9 Å². The van der Waals surface area contributed by atoms with Gasteiger partial charge in [-0.05, 0) is 30.7 Å². The fraction of sp³-hybridized carbons (Fsp3) is 0.143. The molecule has 21 heavy (non-hydrogen) atoms. The molecule has 0 fully saturated rings. The number of nitrogens with zero attached hydrogens (tertiary/aromatic N) is 2. The van der Waals surface area contributed by atoms with Crippen LogP contribution >= 0.6 is 11.3 Å². The summed E-state index contributed by atoms with van der Waals surface area (Å²) in [5.41, 5.74) is 1.20. The smallest absolute Gasteiger partial charge is 0.345 e. The lowest BCUT2D eigenvalue weighted by Gasteiger charge is -2.03. The zero-order chi connectivity index (χ0) is 15.1. The van der Waals surface area contributed by atoms with Crippen LogP contribution in [0.25, 0.3) is 15.9 Å². The first-order valence-corrected chi connectivity index (χ1v) is 6.90. The second-order valence-electron chi connectivity index (χ2n) is 4.57. The molecule has 0 radical (unpaired) electrons. The van der Waals surface area contributed by atoms with Crippen LogP contribution in [0.1, 0.15) is 27.4 Å². The number of hydrogen-bond acceptors (Lipinski definition) is 3. The van der Waals surface area contributed by atoms with E-state index in [4.69, 9.17) is 5.11 Å². The van der Waals surface area contributed by atoms with Crippen LogP contribution in [-0.2, 0) is 0 Å². The Bertz CT molecular complexity index is 839. The van der Waals surface area contributed by atoms with Gasteiger partial charge in [-0.15, -0.1) is 11.3 Å². The summed E-state index contributed by atoms with van der Waals surface area (Å²) in [6, 6.07) is 8.49. The average Bonchev–Trinajstić information content (AvgIpc) is 2.96. The Kier molecular flexibility index (Phi) is 3.21. The zero-order valence-corrected chi connectivity index (χ0v) is 11.7. The molecular formula is C14H10F2N2O2S. The topological polar surface area (TPSA) is 55.1 Å². The lowest BCUT2D eigenvalue weighted by atomic mass is 10.2. The minimum absolute atomic E-state index is 0.0192. The summed E-state index contributed by atoms with van der Waals surface area (Å²) in [6.45, 7) is 1.88. The van der Waals surface area contributed by atoms with Crippen LogP contribution in [0.2, 0.25) is 0 Å². The minimum Gasteiger partial charge on any atom is -0.477 e. The van der Waals surface area contributed by atoms with Crippen molar-refractivity contribution in [2.24, 2.45) is 0 Å². The molecule has 0 atom stereocenters. The fourth-order valence-corrected chi connectivity index (χ4v) is 3.11. The molecule has 0 aliphatic carbocycles. The highest BCUT2D eigenvalue weighted by atomic mass is 32.1. The van der Waals surface area contributed by atoms with Gasteiger partial charge in [0.2, 0.25) is 0 Å². The number of carboxylic acids is 1. The lowest BCUT2D eigenvalue weighted by molar-refractivity contribution is 0.0702. The fourth-order valence-electron chi connectivity index (χ4n) is 2.13. The lowest BCUT2D eigenvalue weighted by Crippen LogP contribution is -1.98. The molecule has 0 aliphatic rings. The van der Waals surface area contributed by atoms with Gasteiger partial charge in [0.25, 0.3) is 6.43 Å². The van der Waals surface area contributed by atoms with Crippen molar-refractivity contribution in [3.8, 4) is 5.69 Å².